The highest BCUT2D eigenvalue weighted by molar-refractivity contribution is 7.89. The maximum absolute atomic E-state index is 13.2. The number of nitrogens with zero attached hydrogens (tertiary/aromatic N) is 2. The van der Waals surface area contributed by atoms with Crippen LogP contribution in [-0.4, -0.2) is 30.8 Å². The van der Waals surface area contributed by atoms with Crippen LogP contribution in [0.1, 0.15) is 32.6 Å². The van der Waals surface area contributed by atoms with Crippen LogP contribution in [0.4, 0.5) is 5.69 Å². The normalized spacial score (nSPS) is 11.5. The lowest BCUT2D eigenvalue weighted by Crippen LogP contribution is -2.16. The highest BCUT2D eigenvalue weighted by Gasteiger charge is 2.20. The number of primary sulfonamides is 1. The zero-order valence-corrected chi connectivity index (χ0v) is 20.1. The van der Waals surface area contributed by atoms with Gasteiger partial charge in [0.2, 0.25) is 10.0 Å². The van der Waals surface area contributed by atoms with Crippen LogP contribution in [0.2, 0.25) is 0 Å². The summed E-state index contributed by atoms with van der Waals surface area (Å²) >= 11 is 0. The van der Waals surface area contributed by atoms with Crippen molar-refractivity contribution in [3.05, 3.63) is 98.7 Å². The van der Waals surface area contributed by atoms with E-state index in [2.05, 4.69) is 0 Å². The number of carbonyl (C=O) groups excluding carboxylic acids is 1. The summed E-state index contributed by atoms with van der Waals surface area (Å²) in [5, 5.41) is 17.3. The van der Waals surface area contributed by atoms with Crippen LogP contribution in [0.15, 0.2) is 65.7 Å². The van der Waals surface area contributed by atoms with Crippen molar-refractivity contribution in [1.82, 2.24) is 4.57 Å². The van der Waals surface area contributed by atoms with E-state index in [0.717, 1.165) is 22.0 Å². The Morgan fingerprint density at radius 3 is 2.51 bits per heavy atom. The fourth-order valence-corrected chi connectivity index (χ4v) is 5.08. The maximum atomic E-state index is 13.2. The number of carbonyl (C=O) groups is 1. The summed E-state index contributed by atoms with van der Waals surface area (Å²) < 4.78 is 31.1. The highest BCUT2D eigenvalue weighted by atomic mass is 32.2. The van der Waals surface area contributed by atoms with Crippen LogP contribution in [0.3, 0.4) is 0 Å². The van der Waals surface area contributed by atoms with Crippen LogP contribution < -0.4 is 9.88 Å². The first-order valence-electron chi connectivity index (χ1n) is 10.6. The van der Waals surface area contributed by atoms with Gasteiger partial charge in [0.05, 0.1) is 16.9 Å². The molecular formula is C25H23N3O6S. The van der Waals surface area contributed by atoms with E-state index in [0.29, 0.717) is 17.7 Å². The zero-order valence-electron chi connectivity index (χ0n) is 19.3. The first-order chi connectivity index (χ1) is 16.5. The SMILES string of the molecule is COc1cc(C(=O)c2cccc(S(N)(=O)=O)c2C)ccc1Cc1cn(C)c2ccc([N+](=O)[O-])cc12. The monoisotopic (exact) mass is 493 g/mol. The Morgan fingerprint density at radius 2 is 1.86 bits per heavy atom. The summed E-state index contributed by atoms with van der Waals surface area (Å²) in [4.78, 5) is 23.9. The van der Waals surface area contributed by atoms with Crippen LogP contribution in [-0.2, 0) is 23.5 Å². The number of methoxy groups -OCH3 is 1. The number of aryl methyl sites for hydroxylation is 1. The third kappa shape index (κ3) is 4.53. The molecular weight excluding hydrogens is 470 g/mol. The Bertz CT molecular complexity index is 1610. The quantitative estimate of drug-likeness (QED) is 0.236. The van der Waals surface area contributed by atoms with Crippen molar-refractivity contribution in [2.45, 2.75) is 18.2 Å². The second-order valence-electron chi connectivity index (χ2n) is 8.23. The Kier molecular flexibility index (Phi) is 6.18. The minimum Gasteiger partial charge on any atom is -0.496 e. The molecule has 35 heavy (non-hydrogen) atoms. The van der Waals surface area contributed by atoms with E-state index in [1.165, 1.54) is 32.2 Å². The van der Waals surface area contributed by atoms with E-state index in [-0.39, 0.29) is 27.5 Å². The predicted molar refractivity (Wildman–Crippen MR) is 131 cm³/mol. The lowest BCUT2D eigenvalue weighted by Gasteiger charge is -2.12. The van der Waals surface area contributed by atoms with Gasteiger partial charge in [0.1, 0.15) is 5.75 Å². The van der Waals surface area contributed by atoms with Gasteiger partial charge in [0.25, 0.3) is 5.69 Å². The van der Waals surface area contributed by atoms with Crippen LogP contribution >= 0.6 is 0 Å². The number of rotatable bonds is 7. The molecule has 9 nitrogen and oxygen atoms in total. The lowest BCUT2D eigenvalue weighted by molar-refractivity contribution is -0.384. The molecule has 0 saturated carbocycles. The van der Waals surface area contributed by atoms with Crippen molar-refractivity contribution in [2.75, 3.05) is 7.11 Å². The molecule has 0 bridgehead atoms. The first-order valence-corrected chi connectivity index (χ1v) is 12.1. The van der Waals surface area contributed by atoms with Crippen molar-refractivity contribution in [3.8, 4) is 5.75 Å². The van der Waals surface area contributed by atoms with E-state index in [9.17, 15) is 23.3 Å². The number of aromatic nitrogens is 1. The molecule has 180 valence electrons. The number of nitrogens with two attached hydrogens (primary N) is 1. The van der Waals surface area contributed by atoms with Gasteiger partial charge in [-0.2, -0.15) is 0 Å². The minimum absolute atomic E-state index is 0.00922. The van der Waals surface area contributed by atoms with Gasteiger partial charge in [-0.3, -0.25) is 14.9 Å². The number of hydrogen-bond acceptors (Lipinski definition) is 6. The van der Waals surface area contributed by atoms with Crippen LogP contribution in [0, 0.1) is 17.0 Å². The van der Waals surface area contributed by atoms with E-state index in [1.54, 1.807) is 36.4 Å². The molecule has 10 heteroatoms. The van der Waals surface area contributed by atoms with Crippen LogP contribution in [0.5, 0.6) is 5.75 Å². The fraction of sp³-hybridized carbons (Fsp3) is 0.160. The number of non-ortho nitro benzene ring substituents is 1. The molecule has 0 aliphatic heterocycles. The smallest absolute Gasteiger partial charge is 0.270 e. The molecule has 4 rings (SSSR count). The van der Waals surface area contributed by atoms with Gasteiger partial charge in [-0.15, -0.1) is 0 Å². The number of ketones is 1. The van der Waals surface area contributed by atoms with Crippen molar-refractivity contribution in [3.63, 3.8) is 0 Å². The van der Waals surface area contributed by atoms with Gasteiger partial charge in [-0.05, 0) is 41.8 Å². The lowest BCUT2D eigenvalue weighted by atomic mass is 9.96. The molecule has 0 unspecified atom stereocenters. The second kappa shape index (κ2) is 8.97. The number of benzene rings is 3. The number of sulfonamides is 1. The molecule has 4 aromatic rings. The van der Waals surface area contributed by atoms with E-state index in [1.807, 2.05) is 17.8 Å². The molecule has 0 spiro atoms. The Morgan fingerprint density at radius 1 is 1.11 bits per heavy atom. The summed E-state index contributed by atoms with van der Waals surface area (Å²) in [5.74, 6) is 0.108. The Balaban J connectivity index is 1.72. The molecule has 0 atom stereocenters. The number of nitro benzene ring substituents is 1. The van der Waals surface area contributed by atoms with Crippen molar-refractivity contribution >= 4 is 32.4 Å². The Hall–Kier alpha value is -4.02. The average Bonchev–Trinajstić information content (AvgIpc) is 3.12. The number of ether oxygens (including phenoxy) is 1. The van der Waals surface area contributed by atoms with E-state index in [4.69, 9.17) is 9.88 Å². The fourth-order valence-electron chi connectivity index (χ4n) is 4.28. The molecule has 0 aliphatic rings. The predicted octanol–water partition coefficient (Wildman–Crippen LogP) is 3.87. The van der Waals surface area contributed by atoms with Crippen molar-refractivity contribution in [1.29, 1.82) is 0 Å². The van der Waals surface area contributed by atoms with Gasteiger partial charge in [0, 0.05) is 53.8 Å². The van der Waals surface area contributed by atoms with E-state index >= 15 is 0 Å². The molecule has 1 aromatic heterocycles. The molecule has 1 heterocycles. The molecule has 0 radical (unpaired) electrons. The summed E-state index contributed by atoms with van der Waals surface area (Å²) in [7, 11) is -0.608. The third-order valence-electron chi connectivity index (χ3n) is 6.03. The molecule has 0 fully saturated rings. The van der Waals surface area contributed by atoms with Crippen molar-refractivity contribution < 1.29 is 22.9 Å². The summed E-state index contributed by atoms with van der Waals surface area (Å²) in [6.45, 7) is 1.54. The standard InChI is InChI=1S/C25H23N3O6S/c1-15-20(5-4-6-24(15)35(26,32)33)25(29)17-8-7-16(23(12-17)34-3)11-18-14-27(2)22-10-9-19(28(30)31)13-21(18)22/h4-10,12-14H,11H2,1-3H3,(H2,26,32,33). The molecule has 2 N–H and O–H groups in total. The van der Waals surface area contributed by atoms with Crippen molar-refractivity contribution in [2.24, 2.45) is 12.2 Å². The molecule has 3 aromatic carbocycles. The summed E-state index contributed by atoms with van der Waals surface area (Å²) in [5.41, 5.74) is 3.37. The topological polar surface area (TPSA) is 135 Å². The van der Waals surface area contributed by atoms with Gasteiger partial charge < -0.3 is 9.30 Å². The van der Waals surface area contributed by atoms with Gasteiger partial charge in [-0.1, -0.05) is 24.3 Å². The maximum Gasteiger partial charge on any atom is 0.270 e. The summed E-state index contributed by atoms with van der Waals surface area (Å²) in [6.07, 6.45) is 2.34. The van der Waals surface area contributed by atoms with Gasteiger partial charge in [0.15, 0.2) is 5.78 Å². The van der Waals surface area contributed by atoms with Gasteiger partial charge in [-0.25, -0.2) is 13.6 Å². The van der Waals surface area contributed by atoms with E-state index < -0.39 is 14.9 Å². The first kappa shape index (κ1) is 24.1. The molecule has 0 amide bonds. The zero-order chi connectivity index (χ0) is 25.5. The summed E-state index contributed by atoms with van der Waals surface area (Å²) in [6, 6.07) is 14.1. The van der Waals surface area contributed by atoms with Gasteiger partial charge >= 0.3 is 0 Å². The van der Waals surface area contributed by atoms with Crippen LogP contribution in [0.25, 0.3) is 10.9 Å². The number of hydrogen-bond donors (Lipinski definition) is 1. The average molecular weight is 494 g/mol. The Labute approximate surface area is 201 Å². The molecule has 0 saturated heterocycles. The minimum atomic E-state index is -3.97. The molecule has 0 aliphatic carbocycles. The third-order valence-corrected chi connectivity index (χ3v) is 7.09. The number of nitro groups is 1. The number of fused-ring (bicyclic) bond motifs is 1. The highest BCUT2D eigenvalue weighted by Crippen LogP contribution is 2.31. The largest absolute Gasteiger partial charge is 0.496 e. The second-order valence-corrected chi connectivity index (χ2v) is 9.76.